The number of rotatable bonds is 4. The summed E-state index contributed by atoms with van der Waals surface area (Å²) in [6.45, 7) is 4.74. The van der Waals surface area contributed by atoms with Crippen LogP contribution in [0.25, 0.3) is 0 Å². The van der Waals surface area contributed by atoms with Gasteiger partial charge in [-0.15, -0.1) is 11.3 Å². The molecule has 1 unspecified atom stereocenters. The largest absolute Gasteiger partial charge is 0.304 e. The average Bonchev–Trinajstić information content (AvgIpc) is 2.83. The number of nitrogens with zero attached hydrogens (tertiary/aromatic N) is 3. The van der Waals surface area contributed by atoms with E-state index in [-0.39, 0.29) is 6.04 Å². The van der Waals surface area contributed by atoms with Crippen molar-refractivity contribution in [2.75, 3.05) is 0 Å². The molecule has 2 heterocycles. The standard InChI is InChI=1S/C13H14N4S/c1-9-7-17-13(18-9)10(2)16-8-11-4-3-5-15-12(11)6-14/h3-5,7,10,16H,8H2,1-2H3. The third-order valence-electron chi connectivity index (χ3n) is 2.61. The van der Waals surface area contributed by atoms with Crippen molar-refractivity contribution in [1.82, 2.24) is 15.3 Å². The van der Waals surface area contributed by atoms with Crippen molar-refractivity contribution in [3.8, 4) is 6.07 Å². The second-order valence-corrected chi connectivity index (χ2v) is 5.30. The maximum Gasteiger partial charge on any atom is 0.144 e. The lowest BCUT2D eigenvalue weighted by Gasteiger charge is -2.11. The van der Waals surface area contributed by atoms with E-state index in [0.717, 1.165) is 10.6 Å². The first-order valence-electron chi connectivity index (χ1n) is 5.70. The third-order valence-corrected chi connectivity index (χ3v) is 3.70. The molecule has 5 heteroatoms. The first-order chi connectivity index (χ1) is 8.70. The molecule has 0 aliphatic rings. The highest BCUT2D eigenvalue weighted by molar-refractivity contribution is 7.11. The Kier molecular flexibility index (Phi) is 4.03. The normalized spacial score (nSPS) is 12.1. The topological polar surface area (TPSA) is 61.6 Å². The summed E-state index contributed by atoms with van der Waals surface area (Å²) in [5.74, 6) is 0. The SMILES string of the molecule is Cc1cnc(C(C)NCc2cccnc2C#N)s1. The lowest BCUT2D eigenvalue weighted by Crippen LogP contribution is -2.18. The minimum absolute atomic E-state index is 0.176. The molecule has 0 aliphatic carbocycles. The van der Waals surface area contributed by atoms with Gasteiger partial charge in [-0.1, -0.05) is 6.07 Å². The van der Waals surface area contributed by atoms with Crippen LogP contribution in [0, 0.1) is 18.3 Å². The molecule has 4 nitrogen and oxygen atoms in total. The molecule has 0 amide bonds. The van der Waals surface area contributed by atoms with Crippen molar-refractivity contribution in [2.45, 2.75) is 26.4 Å². The van der Waals surface area contributed by atoms with Gasteiger partial charge in [-0.05, 0) is 19.9 Å². The van der Waals surface area contributed by atoms with Crippen molar-refractivity contribution in [2.24, 2.45) is 0 Å². The molecule has 0 saturated heterocycles. The fourth-order valence-corrected chi connectivity index (χ4v) is 2.41. The Morgan fingerprint density at radius 3 is 3.00 bits per heavy atom. The van der Waals surface area contributed by atoms with Crippen LogP contribution in [0.3, 0.4) is 0 Å². The third kappa shape index (κ3) is 2.92. The lowest BCUT2D eigenvalue weighted by atomic mass is 10.2. The molecule has 2 aromatic rings. The zero-order valence-electron chi connectivity index (χ0n) is 10.3. The summed E-state index contributed by atoms with van der Waals surface area (Å²) in [7, 11) is 0. The molecular weight excluding hydrogens is 244 g/mol. The zero-order chi connectivity index (χ0) is 13.0. The maximum absolute atomic E-state index is 8.95. The zero-order valence-corrected chi connectivity index (χ0v) is 11.2. The van der Waals surface area contributed by atoms with E-state index in [1.807, 2.05) is 25.3 Å². The molecule has 1 N–H and O–H groups in total. The number of hydrogen-bond acceptors (Lipinski definition) is 5. The van der Waals surface area contributed by atoms with Crippen molar-refractivity contribution in [3.05, 3.63) is 45.7 Å². The van der Waals surface area contributed by atoms with Gasteiger partial charge in [0.05, 0.1) is 6.04 Å². The average molecular weight is 258 g/mol. The van der Waals surface area contributed by atoms with Crippen LogP contribution in [-0.4, -0.2) is 9.97 Å². The predicted molar refractivity (Wildman–Crippen MR) is 71.1 cm³/mol. The number of thiazole rings is 1. The summed E-state index contributed by atoms with van der Waals surface area (Å²) in [6, 6.07) is 6.03. The molecule has 0 radical (unpaired) electrons. The monoisotopic (exact) mass is 258 g/mol. The molecule has 18 heavy (non-hydrogen) atoms. The van der Waals surface area contributed by atoms with Crippen molar-refractivity contribution >= 4 is 11.3 Å². The van der Waals surface area contributed by atoms with Gasteiger partial charge in [-0.2, -0.15) is 5.26 Å². The van der Waals surface area contributed by atoms with Crippen molar-refractivity contribution in [1.29, 1.82) is 5.26 Å². The van der Waals surface area contributed by atoms with Crippen LogP contribution in [0.1, 0.15) is 34.1 Å². The Labute approximate surface area is 110 Å². The number of nitriles is 1. The first kappa shape index (κ1) is 12.7. The molecule has 0 fully saturated rings. The molecule has 0 aromatic carbocycles. The minimum atomic E-state index is 0.176. The fraction of sp³-hybridized carbons (Fsp3) is 0.308. The Balaban J connectivity index is 2.02. The predicted octanol–water partition coefficient (Wildman–Crippen LogP) is 2.57. The van der Waals surface area contributed by atoms with E-state index in [1.54, 1.807) is 17.5 Å². The van der Waals surface area contributed by atoms with Gasteiger partial charge in [-0.3, -0.25) is 0 Å². The Morgan fingerprint density at radius 1 is 1.50 bits per heavy atom. The molecule has 2 aromatic heterocycles. The molecule has 2 rings (SSSR count). The van der Waals surface area contributed by atoms with E-state index in [9.17, 15) is 0 Å². The van der Waals surface area contributed by atoms with E-state index in [1.165, 1.54) is 4.88 Å². The molecule has 0 bridgehead atoms. The Hall–Kier alpha value is -1.77. The molecule has 92 valence electrons. The van der Waals surface area contributed by atoms with E-state index in [2.05, 4.69) is 28.3 Å². The number of pyridine rings is 1. The Morgan fingerprint density at radius 2 is 2.33 bits per heavy atom. The van der Waals surface area contributed by atoms with E-state index < -0.39 is 0 Å². The quantitative estimate of drug-likeness (QED) is 0.915. The van der Waals surface area contributed by atoms with E-state index in [0.29, 0.717) is 12.2 Å². The molecule has 0 aliphatic heterocycles. The number of nitrogens with one attached hydrogen (secondary N) is 1. The summed E-state index contributed by atoms with van der Waals surface area (Å²) in [5, 5.41) is 13.4. The van der Waals surface area contributed by atoms with Crippen LogP contribution in [0.15, 0.2) is 24.5 Å². The molecule has 1 atom stereocenters. The smallest absolute Gasteiger partial charge is 0.144 e. The van der Waals surface area contributed by atoms with Crippen LogP contribution in [0.4, 0.5) is 0 Å². The van der Waals surface area contributed by atoms with Gasteiger partial charge in [0, 0.05) is 29.4 Å². The highest BCUT2D eigenvalue weighted by Crippen LogP contribution is 2.19. The molecule has 0 spiro atoms. The molecular formula is C13H14N4S. The lowest BCUT2D eigenvalue weighted by molar-refractivity contribution is 0.570. The summed E-state index contributed by atoms with van der Waals surface area (Å²) < 4.78 is 0. The van der Waals surface area contributed by atoms with Crippen LogP contribution in [-0.2, 0) is 6.54 Å². The summed E-state index contributed by atoms with van der Waals surface area (Å²) in [5.41, 5.74) is 1.40. The summed E-state index contributed by atoms with van der Waals surface area (Å²) >= 11 is 1.69. The highest BCUT2D eigenvalue weighted by atomic mass is 32.1. The van der Waals surface area contributed by atoms with Gasteiger partial charge in [0.2, 0.25) is 0 Å². The Bertz CT molecular complexity index is 570. The van der Waals surface area contributed by atoms with Gasteiger partial charge < -0.3 is 5.32 Å². The second-order valence-electron chi connectivity index (χ2n) is 4.03. The van der Waals surface area contributed by atoms with E-state index >= 15 is 0 Å². The van der Waals surface area contributed by atoms with Crippen molar-refractivity contribution < 1.29 is 0 Å². The second kappa shape index (κ2) is 5.71. The minimum Gasteiger partial charge on any atom is -0.304 e. The highest BCUT2D eigenvalue weighted by Gasteiger charge is 2.10. The number of aryl methyl sites for hydroxylation is 1. The fourth-order valence-electron chi connectivity index (χ4n) is 1.60. The number of aromatic nitrogens is 2. The van der Waals surface area contributed by atoms with Crippen LogP contribution in [0.2, 0.25) is 0 Å². The van der Waals surface area contributed by atoms with Gasteiger partial charge >= 0.3 is 0 Å². The van der Waals surface area contributed by atoms with E-state index in [4.69, 9.17) is 5.26 Å². The molecule has 0 saturated carbocycles. The summed E-state index contributed by atoms with van der Waals surface area (Å²) in [4.78, 5) is 9.59. The van der Waals surface area contributed by atoms with Crippen LogP contribution < -0.4 is 5.32 Å². The van der Waals surface area contributed by atoms with Gasteiger partial charge in [0.15, 0.2) is 0 Å². The van der Waals surface area contributed by atoms with Gasteiger partial charge in [0.25, 0.3) is 0 Å². The van der Waals surface area contributed by atoms with Crippen LogP contribution in [0.5, 0.6) is 0 Å². The maximum atomic E-state index is 8.95. The van der Waals surface area contributed by atoms with Gasteiger partial charge in [-0.25, -0.2) is 9.97 Å². The van der Waals surface area contributed by atoms with Gasteiger partial charge in [0.1, 0.15) is 16.8 Å². The van der Waals surface area contributed by atoms with Crippen LogP contribution >= 0.6 is 11.3 Å². The number of hydrogen-bond donors (Lipinski definition) is 1. The summed E-state index contributed by atoms with van der Waals surface area (Å²) in [6.07, 6.45) is 3.51. The van der Waals surface area contributed by atoms with Crippen molar-refractivity contribution in [3.63, 3.8) is 0 Å². The first-order valence-corrected chi connectivity index (χ1v) is 6.52.